The number of phenolic OH excluding ortho intramolecular Hbond substituents is 1. The van der Waals surface area contributed by atoms with Crippen LogP contribution in [0.15, 0.2) is 75.8 Å². The molecule has 22 nitrogen and oxygen atoms in total. The van der Waals surface area contributed by atoms with Crippen molar-refractivity contribution in [2.45, 2.75) is 51.5 Å². The quantitative estimate of drug-likeness (QED) is 0.0247. The molecule has 1 saturated heterocycles. The van der Waals surface area contributed by atoms with Crippen LogP contribution in [0.5, 0.6) is 5.75 Å². The van der Waals surface area contributed by atoms with Crippen molar-refractivity contribution in [3.05, 3.63) is 71.8 Å². The third kappa shape index (κ3) is 16.8. The van der Waals surface area contributed by atoms with Crippen molar-refractivity contribution in [1.29, 1.82) is 0 Å². The minimum atomic E-state index is -4.58. The number of carboxylic acid groups (broad SMARTS) is 1. The van der Waals surface area contributed by atoms with E-state index in [1.165, 1.54) is 18.2 Å². The van der Waals surface area contributed by atoms with Gasteiger partial charge in [0.15, 0.2) is 5.75 Å². The number of aliphatic carboxylic acids is 1. The van der Waals surface area contributed by atoms with E-state index in [0.717, 1.165) is 28.3 Å². The van der Waals surface area contributed by atoms with Crippen molar-refractivity contribution in [3.8, 4) is 16.9 Å². The zero-order chi connectivity index (χ0) is 48.6. The first-order valence-electron chi connectivity index (χ1n) is 20.5. The summed E-state index contributed by atoms with van der Waals surface area (Å²) in [5.41, 5.74) is 16.2. The molecule has 5 rings (SSSR count). The minimum absolute atomic E-state index is 0. The fraction of sp³-hybridized carbons (Fsp3) is 0.395. The van der Waals surface area contributed by atoms with Gasteiger partial charge in [-0.1, -0.05) is 25.6 Å². The molecular weight excluding hydrogens is 915 g/mol. The van der Waals surface area contributed by atoms with Gasteiger partial charge in [0.2, 0.25) is 11.8 Å². The van der Waals surface area contributed by atoms with E-state index in [4.69, 9.17) is 28.8 Å². The van der Waals surface area contributed by atoms with E-state index in [0.29, 0.717) is 82.9 Å². The number of hydrogen-bond acceptors (Lipinski definition) is 18. The third-order valence-corrected chi connectivity index (χ3v) is 11.4. The molecule has 364 valence electrons. The summed E-state index contributed by atoms with van der Waals surface area (Å²) in [7, 11) is -7.69. The second-order valence-corrected chi connectivity index (χ2v) is 17.1. The Hall–Kier alpha value is -6.41. The first kappa shape index (κ1) is 54.9. The lowest BCUT2D eigenvalue weighted by Gasteiger charge is -2.26. The molecule has 0 bridgehead atoms. The number of anilines is 2. The highest BCUT2D eigenvalue weighted by molar-refractivity contribution is 7.86. The highest BCUT2D eigenvalue weighted by Gasteiger charge is 2.25. The number of benzene rings is 4. The second kappa shape index (κ2) is 26.1. The Labute approximate surface area is 389 Å². The molecule has 0 aliphatic carbocycles. The van der Waals surface area contributed by atoms with Crippen molar-refractivity contribution in [3.63, 3.8) is 0 Å². The van der Waals surface area contributed by atoms with E-state index in [1.807, 2.05) is 47.9 Å². The number of hydrogen-bond donors (Lipinski definition) is 7. The van der Waals surface area contributed by atoms with Crippen LogP contribution in [-0.4, -0.2) is 146 Å². The Morgan fingerprint density at radius 2 is 1.42 bits per heavy atom. The Morgan fingerprint density at radius 1 is 0.851 bits per heavy atom. The van der Waals surface area contributed by atoms with Gasteiger partial charge in [0.1, 0.15) is 23.4 Å². The summed E-state index contributed by atoms with van der Waals surface area (Å²) in [4.78, 5) is 54.6. The van der Waals surface area contributed by atoms with Crippen LogP contribution in [-0.2, 0) is 44.6 Å². The van der Waals surface area contributed by atoms with E-state index in [-0.39, 0.29) is 61.2 Å². The van der Waals surface area contributed by atoms with Crippen LogP contribution in [0.4, 0.5) is 22.7 Å². The fourth-order valence-corrected chi connectivity index (χ4v) is 7.83. The highest BCUT2D eigenvalue weighted by atomic mass is 32.2. The van der Waals surface area contributed by atoms with Crippen LogP contribution in [0, 0.1) is 13.8 Å². The molecule has 1 heterocycles. The molecule has 1 aliphatic heterocycles. The third-order valence-electron chi connectivity index (χ3n) is 10.5. The molecule has 0 spiro atoms. The maximum Gasteiger partial charge on any atom is 0.425 e. The lowest BCUT2D eigenvalue weighted by Crippen LogP contribution is -2.49. The first-order valence-corrected chi connectivity index (χ1v) is 22.9. The largest absolute Gasteiger partial charge is 0.505 e. The van der Waals surface area contributed by atoms with E-state index in [1.54, 1.807) is 17.0 Å². The summed E-state index contributed by atoms with van der Waals surface area (Å²) in [5.74, 6) is -2.11. The van der Waals surface area contributed by atoms with E-state index >= 15 is 0 Å². The minimum Gasteiger partial charge on any atom is -0.505 e. The van der Waals surface area contributed by atoms with Crippen LogP contribution in [0.25, 0.3) is 21.9 Å². The summed E-state index contributed by atoms with van der Waals surface area (Å²) in [6.07, 6.45) is 1.64. The SMILES string of the molecule is C.Cc1cc(-c2ccc(NC(=O)[C@@H](CCCCN)NC(=O)CN3CCN(COC=O)CCN(CC(=O)O)CC3)c(C)c2)ccc1N=Nc1ccc2c(S(=O)(=O)O)ccc(N)c2c1O.O=S(=O)=O. The number of fused-ring (bicyclic) bond motifs is 1. The summed E-state index contributed by atoms with van der Waals surface area (Å²) in [6.45, 7) is 7.03. The molecular formula is C43H57N9O13S2. The standard InChI is InChI=1S/C42H53N9O10S.CH4.O3S/c1-27-21-29(30-7-11-34(28(2)22-30)47-48-35-12-8-31-37(62(58,59)60)13-9-32(44)40(31)41(35)56)6-10-33(27)46-42(57)36(5-3-4-14-43)45-38(53)23-49-15-16-50(24-39(54)55)18-20-51(19-17-49)25-61-26-52;;1-4(2)3/h6-13,21-22,26,36,56H,3-5,14-20,23-25,43-44H2,1-2H3,(H,45,53)(H,46,57)(H,54,55)(H,58,59,60);1H4;/t36-;;/m1../s1. The predicted molar refractivity (Wildman–Crippen MR) is 249 cm³/mol. The average Bonchev–Trinajstić information content (AvgIpc) is 3.33. The van der Waals surface area contributed by atoms with Crippen molar-refractivity contribution < 1.29 is 59.7 Å². The number of phenols is 1. The molecule has 24 heteroatoms. The molecule has 2 amide bonds. The summed E-state index contributed by atoms with van der Waals surface area (Å²) < 4.78 is 63.6. The molecule has 1 aliphatic rings. The average molecular weight is 972 g/mol. The number of azo groups is 1. The number of amides is 2. The monoisotopic (exact) mass is 971 g/mol. The van der Waals surface area contributed by atoms with Gasteiger partial charge in [0, 0.05) is 56.0 Å². The van der Waals surface area contributed by atoms with Gasteiger partial charge in [0.25, 0.3) is 16.6 Å². The van der Waals surface area contributed by atoms with Crippen LogP contribution < -0.4 is 22.1 Å². The van der Waals surface area contributed by atoms with Gasteiger partial charge in [-0.05, 0) is 104 Å². The Kier molecular flexibility index (Phi) is 21.4. The molecule has 0 unspecified atom stereocenters. The Bertz CT molecular complexity index is 2650. The van der Waals surface area contributed by atoms with Gasteiger partial charge in [-0.25, -0.2) is 0 Å². The maximum absolute atomic E-state index is 13.7. The van der Waals surface area contributed by atoms with Crippen molar-refractivity contribution in [2.75, 3.05) is 76.7 Å². The topological polar surface area (TPSA) is 334 Å². The Balaban J connectivity index is 0.00000229. The number of nitrogen functional groups attached to an aromatic ring is 1. The smallest absolute Gasteiger partial charge is 0.425 e. The number of unbranched alkanes of at least 4 members (excludes halogenated alkanes) is 1. The van der Waals surface area contributed by atoms with Gasteiger partial charge in [0.05, 0.1) is 24.2 Å². The van der Waals surface area contributed by atoms with Crippen LogP contribution in [0.1, 0.15) is 37.8 Å². The molecule has 0 radical (unpaired) electrons. The number of ether oxygens (including phenoxy) is 1. The zero-order valence-electron chi connectivity index (χ0n) is 36.3. The molecule has 9 N–H and O–H groups in total. The van der Waals surface area contributed by atoms with Gasteiger partial charge in [-0.15, -0.1) is 17.7 Å². The van der Waals surface area contributed by atoms with E-state index in [9.17, 15) is 42.4 Å². The fourth-order valence-electron chi connectivity index (χ4n) is 7.14. The van der Waals surface area contributed by atoms with Crippen molar-refractivity contribution in [1.82, 2.24) is 20.0 Å². The normalized spacial score (nSPS) is 14.3. The van der Waals surface area contributed by atoms with Crippen molar-refractivity contribution in [2.24, 2.45) is 16.0 Å². The van der Waals surface area contributed by atoms with Crippen LogP contribution in [0.2, 0.25) is 0 Å². The van der Waals surface area contributed by atoms with E-state index in [2.05, 4.69) is 20.9 Å². The number of nitrogens with two attached hydrogens (primary N) is 2. The number of aromatic hydroxyl groups is 1. The number of rotatable bonds is 18. The number of carbonyl (C=O) groups excluding carboxylic acids is 3. The van der Waals surface area contributed by atoms with Crippen LogP contribution in [0.3, 0.4) is 0 Å². The predicted octanol–water partition coefficient (Wildman–Crippen LogP) is 3.39. The maximum atomic E-state index is 13.7. The second-order valence-electron chi connectivity index (χ2n) is 15.3. The molecule has 4 aromatic carbocycles. The number of nitrogens with zero attached hydrogens (tertiary/aromatic N) is 5. The molecule has 67 heavy (non-hydrogen) atoms. The lowest BCUT2D eigenvalue weighted by molar-refractivity contribution is -0.138. The van der Waals surface area contributed by atoms with Gasteiger partial charge >= 0.3 is 16.6 Å². The molecule has 0 aromatic heterocycles. The summed E-state index contributed by atoms with van der Waals surface area (Å²) >= 11 is 0. The first-order chi connectivity index (χ1) is 31.3. The number of nitrogens with one attached hydrogen (secondary N) is 2. The molecule has 0 saturated carbocycles. The van der Waals surface area contributed by atoms with Gasteiger partial charge in [-0.2, -0.15) is 13.5 Å². The molecule has 1 atom stereocenters. The van der Waals surface area contributed by atoms with Crippen molar-refractivity contribution >= 4 is 78.5 Å². The number of carbonyl (C=O) groups is 4. The van der Waals surface area contributed by atoms with E-state index < -0.39 is 43.4 Å². The zero-order valence-corrected chi connectivity index (χ0v) is 37.9. The lowest BCUT2D eigenvalue weighted by atomic mass is 10.00. The Morgan fingerprint density at radius 3 is 1.99 bits per heavy atom. The number of aryl methyl sites for hydroxylation is 2. The van der Waals surface area contributed by atoms with Gasteiger partial charge in [-0.3, -0.25) is 38.4 Å². The van der Waals surface area contributed by atoms with Crippen LogP contribution >= 0.6 is 0 Å². The number of carboxylic acids is 1. The highest BCUT2D eigenvalue weighted by Crippen LogP contribution is 2.41. The molecule has 1 fully saturated rings. The van der Waals surface area contributed by atoms with Gasteiger partial charge < -0.3 is 37.1 Å². The summed E-state index contributed by atoms with van der Waals surface area (Å²) in [6, 6.07) is 15.4. The summed E-state index contributed by atoms with van der Waals surface area (Å²) in [5, 5.41) is 34.7. The molecule has 4 aromatic rings.